The van der Waals surface area contributed by atoms with Gasteiger partial charge in [0.25, 0.3) is 0 Å². The van der Waals surface area contributed by atoms with Crippen molar-refractivity contribution in [1.82, 2.24) is 9.97 Å². The zero-order valence-corrected chi connectivity index (χ0v) is 8.42. The second-order valence-corrected chi connectivity index (χ2v) is 3.26. The van der Waals surface area contributed by atoms with Crippen LogP contribution in [0.4, 0.5) is 24.9 Å². The Kier molecular flexibility index (Phi) is 2.58. The van der Waals surface area contributed by atoms with Crippen molar-refractivity contribution in [3.8, 4) is 11.3 Å². The van der Waals surface area contributed by atoms with Crippen molar-refractivity contribution < 1.29 is 13.2 Å². The van der Waals surface area contributed by atoms with Gasteiger partial charge in [-0.3, -0.25) is 0 Å². The number of nitrogens with zero attached hydrogens (tertiary/aromatic N) is 2. The predicted molar refractivity (Wildman–Crippen MR) is 56.2 cm³/mol. The van der Waals surface area contributed by atoms with Crippen molar-refractivity contribution in [2.24, 2.45) is 0 Å². The molecule has 1 aromatic carbocycles. The summed E-state index contributed by atoms with van der Waals surface area (Å²) in [5.41, 5.74) is 10.5. The van der Waals surface area contributed by atoms with Crippen molar-refractivity contribution in [3.05, 3.63) is 35.7 Å². The largest absolute Gasteiger partial charge is 0.384 e. The van der Waals surface area contributed by atoms with Gasteiger partial charge >= 0.3 is 0 Å². The van der Waals surface area contributed by atoms with Crippen LogP contribution >= 0.6 is 0 Å². The predicted octanol–water partition coefficient (Wildman–Crippen LogP) is 1.73. The molecule has 0 saturated carbocycles. The van der Waals surface area contributed by atoms with Gasteiger partial charge in [0.2, 0.25) is 5.95 Å². The summed E-state index contributed by atoms with van der Waals surface area (Å²) < 4.78 is 39.2. The molecular formula is C10H7F3N4. The van der Waals surface area contributed by atoms with E-state index >= 15 is 0 Å². The quantitative estimate of drug-likeness (QED) is 0.744. The summed E-state index contributed by atoms with van der Waals surface area (Å²) in [6.45, 7) is 0. The smallest absolute Gasteiger partial charge is 0.222 e. The van der Waals surface area contributed by atoms with Gasteiger partial charge in [-0.1, -0.05) is 0 Å². The number of anilines is 2. The highest BCUT2D eigenvalue weighted by atomic mass is 19.2. The van der Waals surface area contributed by atoms with Crippen molar-refractivity contribution in [2.75, 3.05) is 11.5 Å². The first-order valence-corrected chi connectivity index (χ1v) is 4.53. The maximum atomic E-state index is 13.5. The third kappa shape index (κ3) is 1.99. The zero-order chi connectivity index (χ0) is 12.6. The van der Waals surface area contributed by atoms with Crippen LogP contribution in [-0.4, -0.2) is 9.97 Å². The van der Waals surface area contributed by atoms with Crippen molar-refractivity contribution in [3.63, 3.8) is 0 Å². The number of halogens is 3. The molecule has 4 N–H and O–H groups in total. The highest BCUT2D eigenvalue weighted by molar-refractivity contribution is 5.64. The maximum absolute atomic E-state index is 13.5. The van der Waals surface area contributed by atoms with Gasteiger partial charge in [0.05, 0.1) is 5.69 Å². The van der Waals surface area contributed by atoms with Crippen LogP contribution in [0.2, 0.25) is 0 Å². The van der Waals surface area contributed by atoms with Gasteiger partial charge in [0.1, 0.15) is 5.82 Å². The first kappa shape index (κ1) is 11.2. The van der Waals surface area contributed by atoms with E-state index in [-0.39, 0.29) is 23.0 Å². The Labute approximate surface area is 94.1 Å². The summed E-state index contributed by atoms with van der Waals surface area (Å²) in [5.74, 6) is -4.36. The number of nitrogens with two attached hydrogens (primary N) is 2. The summed E-state index contributed by atoms with van der Waals surface area (Å²) in [5, 5.41) is 0. The molecule has 0 unspecified atom stereocenters. The molecule has 0 bridgehead atoms. The summed E-state index contributed by atoms with van der Waals surface area (Å²) >= 11 is 0. The van der Waals surface area contributed by atoms with E-state index in [0.717, 1.165) is 12.1 Å². The van der Waals surface area contributed by atoms with E-state index in [9.17, 15) is 13.2 Å². The molecule has 1 aromatic heterocycles. The first-order valence-electron chi connectivity index (χ1n) is 4.53. The van der Waals surface area contributed by atoms with Crippen LogP contribution in [0.5, 0.6) is 0 Å². The Balaban J connectivity index is 2.64. The fourth-order valence-corrected chi connectivity index (χ4v) is 1.35. The lowest BCUT2D eigenvalue weighted by atomic mass is 10.1. The summed E-state index contributed by atoms with van der Waals surface area (Å²) in [6, 6.07) is 3.06. The summed E-state index contributed by atoms with van der Waals surface area (Å²) in [4.78, 5) is 7.28. The SMILES string of the molecule is Nc1cc(-c2ccc(F)c(F)c2F)nc(N)n1. The standard InChI is InChI=1S/C10H7F3N4/c11-5-2-1-4(8(12)9(5)13)6-3-7(14)17-10(15)16-6/h1-3H,(H4,14,15,16,17). The van der Waals surface area contributed by atoms with E-state index in [1.165, 1.54) is 6.07 Å². The Hall–Kier alpha value is -2.31. The van der Waals surface area contributed by atoms with E-state index in [1.54, 1.807) is 0 Å². The van der Waals surface area contributed by atoms with Crippen LogP contribution in [0.1, 0.15) is 0 Å². The molecule has 0 atom stereocenters. The lowest BCUT2D eigenvalue weighted by Crippen LogP contribution is -2.02. The van der Waals surface area contributed by atoms with Crippen LogP contribution in [0, 0.1) is 17.5 Å². The molecule has 17 heavy (non-hydrogen) atoms. The molecule has 0 fully saturated rings. The fourth-order valence-electron chi connectivity index (χ4n) is 1.35. The minimum absolute atomic E-state index is 0.00796. The van der Waals surface area contributed by atoms with Gasteiger partial charge in [0, 0.05) is 11.6 Å². The third-order valence-corrected chi connectivity index (χ3v) is 2.07. The molecule has 0 saturated heterocycles. The Morgan fingerprint density at radius 1 is 0.941 bits per heavy atom. The molecule has 0 aliphatic carbocycles. The van der Waals surface area contributed by atoms with Crippen LogP contribution in [0.25, 0.3) is 11.3 Å². The van der Waals surface area contributed by atoms with Crippen LogP contribution in [0.3, 0.4) is 0 Å². The van der Waals surface area contributed by atoms with Crippen LogP contribution in [0.15, 0.2) is 18.2 Å². The minimum Gasteiger partial charge on any atom is -0.384 e. The third-order valence-electron chi connectivity index (χ3n) is 2.07. The zero-order valence-electron chi connectivity index (χ0n) is 8.42. The molecule has 2 aromatic rings. The molecule has 0 radical (unpaired) electrons. The number of hydrogen-bond donors (Lipinski definition) is 2. The Morgan fingerprint density at radius 3 is 2.29 bits per heavy atom. The lowest BCUT2D eigenvalue weighted by molar-refractivity contribution is 0.449. The van der Waals surface area contributed by atoms with Gasteiger partial charge < -0.3 is 11.5 Å². The lowest BCUT2D eigenvalue weighted by Gasteiger charge is -2.05. The number of nitrogen functional groups attached to an aromatic ring is 2. The van der Waals surface area contributed by atoms with E-state index in [1.807, 2.05) is 0 Å². The Bertz CT molecular complexity index is 566. The van der Waals surface area contributed by atoms with Gasteiger partial charge in [-0.25, -0.2) is 18.2 Å². The van der Waals surface area contributed by atoms with Crippen molar-refractivity contribution in [1.29, 1.82) is 0 Å². The normalized spacial score (nSPS) is 10.5. The summed E-state index contributed by atoms with van der Waals surface area (Å²) in [6.07, 6.45) is 0. The summed E-state index contributed by atoms with van der Waals surface area (Å²) in [7, 11) is 0. The second kappa shape index (κ2) is 3.93. The van der Waals surface area contributed by atoms with E-state index in [0.29, 0.717) is 0 Å². The second-order valence-electron chi connectivity index (χ2n) is 3.26. The van der Waals surface area contributed by atoms with E-state index < -0.39 is 17.5 Å². The number of aromatic nitrogens is 2. The molecular weight excluding hydrogens is 233 g/mol. The Morgan fingerprint density at radius 2 is 1.65 bits per heavy atom. The monoisotopic (exact) mass is 240 g/mol. The molecule has 7 heteroatoms. The minimum atomic E-state index is -1.57. The molecule has 2 rings (SSSR count). The maximum Gasteiger partial charge on any atom is 0.222 e. The number of rotatable bonds is 1. The van der Waals surface area contributed by atoms with E-state index in [2.05, 4.69) is 9.97 Å². The fraction of sp³-hybridized carbons (Fsp3) is 0. The highest BCUT2D eigenvalue weighted by Crippen LogP contribution is 2.25. The van der Waals surface area contributed by atoms with Gasteiger partial charge in [-0.2, -0.15) is 4.98 Å². The van der Waals surface area contributed by atoms with Crippen molar-refractivity contribution >= 4 is 11.8 Å². The number of benzene rings is 1. The van der Waals surface area contributed by atoms with Crippen LogP contribution < -0.4 is 11.5 Å². The van der Waals surface area contributed by atoms with Crippen LogP contribution in [-0.2, 0) is 0 Å². The first-order chi connectivity index (χ1) is 7.99. The molecule has 4 nitrogen and oxygen atoms in total. The number of hydrogen-bond acceptors (Lipinski definition) is 4. The molecule has 0 spiro atoms. The molecule has 0 amide bonds. The van der Waals surface area contributed by atoms with E-state index in [4.69, 9.17) is 11.5 Å². The average molecular weight is 240 g/mol. The molecule has 0 aliphatic heterocycles. The highest BCUT2D eigenvalue weighted by Gasteiger charge is 2.16. The average Bonchev–Trinajstić information content (AvgIpc) is 2.24. The van der Waals surface area contributed by atoms with Crippen molar-refractivity contribution in [2.45, 2.75) is 0 Å². The molecule has 1 heterocycles. The van der Waals surface area contributed by atoms with Gasteiger partial charge in [-0.05, 0) is 12.1 Å². The van der Waals surface area contributed by atoms with Gasteiger partial charge in [-0.15, -0.1) is 0 Å². The molecule has 0 aliphatic rings. The molecule has 88 valence electrons. The topological polar surface area (TPSA) is 77.8 Å². The van der Waals surface area contributed by atoms with Gasteiger partial charge in [0.15, 0.2) is 17.5 Å².